The van der Waals surface area contributed by atoms with E-state index in [0.717, 1.165) is 32.0 Å². The molecule has 0 spiro atoms. The standard InChI is InChI=1S/C10H19N3O/c1-7-6-13(4-3-9(7)14)10-11-5-8(2)12-10/h7-9,14H,3-6H2,1-2H3,(H,11,12). The third kappa shape index (κ3) is 1.85. The minimum atomic E-state index is -0.134. The first kappa shape index (κ1) is 9.77. The maximum absolute atomic E-state index is 9.60. The number of aliphatic hydroxyl groups excluding tert-OH is 1. The van der Waals surface area contributed by atoms with E-state index in [4.69, 9.17) is 0 Å². The quantitative estimate of drug-likeness (QED) is 0.576. The molecular weight excluding hydrogens is 178 g/mol. The molecule has 14 heavy (non-hydrogen) atoms. The van der Waals surface area contributed by atoms with Gasteiger partial charge >= 0.3 is 0 Å². The second-order valence-electron chi connectivity index (χ2n) is 4.49. The summed E-state index contributed by atoms with van der Waals surface area (Å²) in [6, 6.07) is 0.465. The number of guanidine groups is 1. The first-order valence-electron chi connectivity index (χ1n) is 5.41. The van der Waals surface area contributed by atoms with Crippen LogP contribution in [0.1, 0.15) is 20.3 Å². The van der Waals surface area contributed by atoms with Crippen molar-refractivity contribution in [1.29, 1.82) is 0 Å². The lowest BCUT2D eigenvalue weighted by molar-refractivity contribution is 0.0580. The number of hydrogen-bond donors (Lipinski definition) is 2. The molecule has 0 aliphatic carbocycles. The molecule has 0 radical (unpaired) electrons. The SMILES string of the molecule is CC1CN=C(N2CCC(O)C(C)C2)N1. The highest BCUT2D eigenvalue weighted by atomic mass is 16.3. The Morgan fingerprint density at radius 1 is 1.50 bits per heavy atom. The topological polar surface area (TPSA) is 47.9 Å². The Hall–Kier alpha value is -0.770. The molecule has 0 aromatic heterocycles. The van der Waals surface area contributed by atoms with Gasteiger partial charge in [-0.25, -0.2) is 0 Å². The molecule has 1 fully saturated rings. The zero-order chi connectivity index (χ0) is 10.1. The average molecular weight is 197 g/mol. The Kier molecular flexibility index (Phi) is 2.63. The lowest BCUT2D eigenvalue weighted by Gasteiger charge is -2.35. The van der Waals surface area contributed by atoms with E-state index in [1.165, 1.54) is 0 Å². The summed E-state index contributed by atoms with van der Waals surface area (Å²) in [5.74, 6) is 1.38. The van der Waals surface area contributed by atoms with E-state index in [2.05, 4.69) is 29.1 Å². The summed E-state index contributed by atoms with van der Waals surface area (Å²) in [7, 11) is 0. The number of nitrogens with one attached hydrogen (secondary N) is 1. The highest BCUT2D eigenvalue weighted by molar-refractivity contribution is 5.82. The van der Waals surface area contributed by atoms with Gasteiger partial charge in [0.1, 0.15) is 0 Å². The number of nitrogens with zero attached hydrogens (tertiary/aromatic N) is 2. The van der Waals surface area contributed by atoms with Gasteiger partial charge in [0.25, 0.3) is 0 Å². The van der Waals surface area contributed by atoms with Gasteiger partial charge in [0, 0.05) is 19.1 Å². The van der Waals surface area contributed by atoms with Crippen LogP contribution in [0.3, 0.4) is 0 Å². The fourth-order valence-corrected chi connectivity index (χ4v) is 2.05. The molecule has 0 saturated carbocycles. The number of rotatable bonds is 0. The first-order valence-corrected chi connectivity index (χ1v) is 5.41. The lowest BCUT2D eigenvalue weighted by atomic mass is 9.97. The van der Waals surface area contributed by atoms with Gasteiger partial charge < -0.3 is 15.3 Å². The van der Waals surface area contributed by atoms with Crippen LogP contribution in [-0.2, 0) is 0 Å². The molecule has 4 heteroatoms. The fourth-order valence-electron chi connectivity index (χ4n) is 2.05. The molecule has 80 valence electrons. The van der Waals surface area contributed by atoms with Crippen LogP contribution >= 0.6 is 0 Å². The third-order valence-corrected chi connectivity index (χ3v) is 3.05. The Morgan fingerprint density at radius 2 is 2.29 bits per heavy atom. The number of hydrogen-bond acceptors (Lipinski definition) is 4. The summed E-state index contributed by atoms with van der Waals surface area (Å²) in [6.07, 6.45) is 0.724. The maximum Gasteiger partial charge on any atom is 0.194 e. The minimum absolute atomic E-state index is 0.134. The minimum Gasteiger partial charge on any atom is -0.393 e. The molecular formula is C10H19N3O. The van der Waals surface area contributed by atoms with Crippen LogP contribution in [0.15, 0.2) is 4.99 Å². The van der Waals surface area contributed by atoms with Gasteiger partial charge in [0.05, 0.1) is 12.6 Å². The normalized spacial score (nSPS) is 38.1. The maximum atomic E-state index is 9.60. The van der Waals surface area contributed by atoms with E-state index in [-0.39, 0.29) is 6.10 Å². The molecule has 2 N–H and O–H groups in total. The summed E-state index contributed by atoms with van der Waals surface area (Å²) in [4.78, 5) is 6.70. The number of aliphatic imine (C=N–C) groups is 1. The number of aliphatic hydroxyl groups is 1. The van der Waals surface area contributed by atoms with Crippen LogP contribution in [0.25, 0.3) is 0 Å². The second-order valence-corrected chi connectivity index (χ2v) is 4.49. The number of piperidine rings is 1. The van der Waals surface area contributed by atoms with E-state index in [9.17, 15) is 5.11 Å². The predicted octanol–water partition coefficient (Wildman–Crippen LogP) is 0.0368. The Balaban J connectivity index is 1.93. The van der Waals surface area contributed by atoms with Crippen molar-refractivity contribution in [3.8, 4) is 0 Å². The van der Waals surface area contributed by atoms with Crippen molar-refractivity contribution in [2.75, 3.05) is 19.6 Å². The van der Waals surface area contributed by atoms with Crippen LogP contribution in [0, 0.1) is 5.92 Å². The highest BCUT2D eigenvalue weighted by Crippen LogP contribution is 2.17. The molecule has 0 bridgehead atoms. The van der Waals surface area contributed by atoms with Gasteiger partial charge in [-0.05, 0) is 19.3 Å². The lowest BCUT2D eigenvalue weighted by Crippen LogP contribution is -2.49. The van der Waals surface area contributed by atoms with Crippen LogP contribution < -0.4 is 5.32 Å². The molecule has 0 aromatic rings. The van der Waals surface area contributed by atoms with Crippen molar-refractivity contribution < 1.29 is 5.11 Å². The zero-order valence-corrected chi connectivity index (χ0v) is 8.90. The molecule has 2 aliphatic rings. The monoisotopic (exact) mass is 197 g/mol. The summed E-state index contributed by atoms with van der Waals surface area (Å²) < 4.78 is 0. The van der Waals surface area contributed by atoms with Crippen molar-refractivity contribution >= 4 is 5.96 Å². The fraction of sp³-hybridized carbons (Fsp3) is 0.900. The molecule has 4 nitrogen and oxygen atoms in total. The van der Waals surface area contributed by atoms with Crippen LogP contribution in [-0.4, -0.2) is 47.7 Å². The van der Waals surface area contributed by atoms with Gasteiger partial charge in [0.2, 0.25) is 0 Å². The smallest absolute Gasteiger partial charge is 0.194 e. The van der Waals surface area contributed by atoms with Gasteiger partial charge in [-0.1, -0.05) is 6.92 Å². The Bertz CT molecular complexity index is 242. The van der Waals surface area contributed by atoms with Gasteiger partial charge in [-0.3, -0.25) is 4.99 Å². The van der Waals surface area contributed by atoms with Crippen molar-refractivity contribution in [1.82, 2.24) is 10.2 Å². The molecule has 3 unspecified atom stereocenters. The Labute approximate surface area is 85.0 Å². The van der Waals surface area contributed by atoms with Crippen molar-refractivity contribution in [2.45, 2.75) is 32.4 Å². The Morgan fingerprint density at radius 3 is 2.86 bits per heavy atom. The van der Waals surface area contributed by atoms with Crippen LogP contribution in [0.5, 0.6) is 0 Å². The van der Waals surface area contributed by atoms with E-state index < -0.39 is 0 Å². The van der Waals surface area contributed by atoms with E-state index in [1.807, 2.05) is 0 Å². The summed E-state index contributed by atoms with van der Waals surface area (Å²) in [5, 5.41) is 13.0. The van der Waals surface area contributed by atoms with Gasteiger partial charge in [-0.2, -0.15) is 0 Å². The van der Waals surface area contributed by atoms with Crippen LogP contribution in [0.4, 0.5) is 0 Å². The number of likely N-dealkylation sites (tertiary alicyclic amines) is 1. The highest BCUT2D eigenvalue weighted by Gasteiger charge is 2.28. The van der Waals surface area contributed by atoms with Crippen molar-refractivity contribution in [2.24, 2.45) is 10.9 Å². The van der Waals surface area contributed by atoms with E-state index in [0.29, 0.717) is 12.0 Å². The zero-order valence-electron chi connectivity index (χ0n) is 8.90. The largest absolute Gasteiger partial charge is 0.393 e. The predicted molar refractivity (Wildman–Crippen MR) is 56.3 cm³/mol. The third-order valence-electron chi connectivity index (χ3n) is 3.05. The molecule has 2 aliphatic heterocycles. The average Bonchev–Trinajstić information content (AvgIpc) is 2.57. The van der Waals surface area contributed by atoms with Crippen molar-refractivity contribution in [3.63, 3.8) is 0 Å². The summed E-state index contributed by atoms with van der Waals surface area (Å²) >= 11 is 0. The molecule has 1 saturated heterocycles. The van der Waals surface area contributed by atoms with Crippen LogP contribution in [0.2, 0.25) is 0 Å². The van der Waals surface area contributed by atoms with Crippen molar-refractivity contribution in [3.05, 3.63) is 0 Å². The molecule has 2 heterocycles. The summed E-state index contributed by atoms with van der Waals surface area (Å²) in [6.45, 7) is 6.95. The van der Waals surface area contributed by atoms with E-state index >= 15 is 0 Å². The van der Waals surface area contributed by atoms with Gasteiger partial charge in [-0.15, -0.1) is 0 Å². The summed E-state index contributed by atoms with van der Waals surface area (Å²) in [5.41, 5.74) is 0. The molecule has 0 aromatic carbocycles. The molecule has 3 atom stereocenters. The second kappa shape index (κ2) is 3.77. The first-order chi connectivity index (χ1) is 6.66. The van der Waals surface area contributed by atoms with Gasteiger partial charge in [0.15, 0.2) is 5.96 Å². The molecule has 2 rings (SSSR count). The van der Waals surface area contributed by atoms with E-state index in [1.54, 1.807) is 0 Å². The molecule has 0 amide bonds.